The maximum absolute atomic E-state index is 13.7. The molecule has 0 unspecified atom stereocenters. The van der Waals surface area contributed by atoms with Crippen LogP contribution in [-0.2, 0) is 9.59 Å². The van der Waals surface area contributed by atoms with Crippen LogP contribution in [0.3, 0.4) is 0 Å². The quantitative estimate of drug-likeness (QED) is 0.534. The van der Waals surface area contributed by atoms with Gasteiger partial charge in [0, 0.05) is 22.3 Å². The Bertz CT molecular complexity index is 1110. The molecule has 2 fully saturated rings. The number of carbonyl (C=O) groups excluding carboxylic acids is 3. The number of fused-ring (bicyclic) bond motifs is 5. The van der Waals surface area contributed by atoms with Gasteiger partial charge < -0.3 is 4.90 Å². The first-order chi connectivity index (χ1) is 14.9. The highest BCUT2D eigenvalue weighted by molar-refractivity contribution is 6.30. The summed E-state index contributed by atoms with van der Waals surface area (Å²) in [5, 5.41) is 0.599. The number of rotatable bonds is 4. The molecule has 0 aromatic heterocycles. The molecule has 2 saturated heterocycles. The minimum atomic E-state index is -0.743. The lowest BCUT2D eigenvalue weighted by molar-refractivity contribution is -0.142. The summed E-state index contributed by atoms with van der Waals surface area (Å²) >= 11 is 6.19. The Kier molecular flexibility index (Phi) is 4.74. The van der Waals surface area contributed by atoms with Crippen LogP contribution in [0.1, 0.15) is 36.2 Å². The molecule has 0 radical (unpaired) electrons. The van der Waals surface area contributed by atoms with Crippen molar-refractivity contribution in [2.24, 2.45) is 11.8 Å². The Balaban J connectivity index is 1.66. The molecule has 3 heterocycles. The highest BCUT2D eigenvalue weighted by Gasteiger charge is 2.64. The van der Waals surface area contributed by atoms with Gasteiger partial charge in [-0.2, -0.15) is 0 Å². The molecule has 2 aromatic carbocycles. The molecule has 5 atom stereocenters. The van der Waals surface area contributed by atoms with Gasteiger partial charge in [-0.15, -0.1) is 0 Å². The van der Waals surface area contributed by atoms with Crippen LogP contribution in [0.15, 0.2) is 54.6 Å². The van der Waals surface area contributed by atoms with E-state index in [1.165, 1.54) is 4.90 Å². The fourth-order valence-electron chi connectivity index (χ4n) is 5.26. The fourth-order valence-corrected chi connectivity index (χ4v) is 5.44. The molecule has 3 aliphatic heterocycles. The summed E-state index contributed by atoms with van der Waals surface area (Å²) in [7, 11) is 0. The number of benzene rings is 2. The molecule has 0 saturated carbocycles. The van der Waals surface area contributed by atoms with E-state index < -0.39 is 17.9 Å². The smallest absolute Gasteiger partial charge is 0.236 e. The summed E-state index contributed by atoms with van der Waals surface area (Å²) in [6.07, 6.45) is 4.57. The van der Waals surface area contributed by atoms with Gasteiger partial charge in [-0.3, -0.25) is 19.3 Å². The summed E-state index contributed by atoms with van der Waals surface area (Å²) in [5.41, 5.74) is 2.25. The van der Waals surface area contributed by atoms with E-state index in [2.05, 4.69) is 0 Å². The Morgan fingerprint density at radius 3 is 2.48 bits per heavy atom. The molecule has 6 heteroatoms. The molecule has 5 nitrogen and oxygen atoms in total. The van der Waals surface area contributed by atoms with Crippen molar-refractivity contribution in [3.63, 3.8) is 0 Å². The summed E-state index contributed by atoms with van der Waals surface area (Å²) in [6.45, 7) is 3.84. The van der Waals surface area contributed by atoms with Crippen LogP contribution in [0.25, 0.3) is 6.08 Å². The normalized spacial score (nSPS) is 27.2. The van der Waals surface area contributed by atoms with Crippen molar-refractivity contribution in [1.82, 2.24) is 4.90 Å². The number of ketones is 1. The number of carbonyl (C=O) groups is 3. The third kappa shape index (κ3) is 2.87. The van der Waals surface area contributed by atoms with Gasteiger partial charge in [-0.25, -0.2) is 0 Å². The highest BCUT2D eigenvalue weighted by Crippen LogP contribution is 2.49. The van der Waals surface area contributed by atoms with Gasteiger partial charge in [-0.05, 0) is 37.1 Å². The third-order valence-electron chi connectivity index (χ3n) is 6.86. The van der Waals surface area contributed by atoms with Gasteiger partial charge in [0.2, 0.25) is 11.8 Å². The average Bonchev–Trinajstić information content (AvgIpc) is 3.26. The van der Waals surface area contributed by atoms with E-state index in [4.69, 9.17) is 11.6 Å². The lowest BCUT2D eigenvalue weighted by Crippen LogP contribution is -2.50. The van der Waals surface area contributed by atoms with Crippen molar-refractivity contribution in [1.29, 1.82) is 0 Å². The number of likely N-dealkylation sites (tertiary alicyclic amines) is 1. The molecular formula is C25H23ClN2O3. The van der Waals surface area contributed by atoms with Crippen LogP contribution in [0.2, 0.25) is 5.02 Å². The van der Waals surface area contributed by atoms with E-state index in [-0.39, 0.29) is 29.7 Å². The predicted octanol–water partition coefficient (Wildman–Crippen LogP) is 4.21. The zero-order valence-electron chi connectivity index (χ0n) is 17.4. The molecule has 2 aromatic rings. The SMILES string of the molecule is CC[C@@H](C)N1C(=O)[C@@H]2[C@@H](C1=O)[C@H](C(=O)c1ccccc1)N1c3ccc(Cl)cc3C=C[C@H]21. The van der Waals surface area contributed by atoms with Crippen molar-refractivity contribution in [3.8, 4) is 0 Å². The van der Waals surface area contributed by atoms with Crippen LogP contribution in [0.4, 0.5) is 5.69 Å². The van der Waals surface area contributed by atoms with Crippen molar-refractivity contribution >= 4 is 41.0 Å². The Hall–Kier alpha value is -2.92. The molecule has 0 bridgehead atoms. The van der Waals surface area contributed by atoms with Gasteiger partial charge in [0.05, 0.1) is 17.9 Å². The van der Waals surface area contributed by atoms with E-state index in [1.54, 1.807) is 18.2 Å². The largest absolute Gasteiger partial charge is 0.352 e. The molecule has 0 N–H and O–H groups in total. The minimum absolute atomic E-state index is 0.138. The minimum Gasteiger partial charge on any atom is -0.352 e. The Morgan fingerprint density at radius 2 is 1.77 bits per heavy atom. The van der Waals surface area contributed by atoms with E-state index in [0.717, 1.165) is 11.3 Å². The van der Waals surface area contributed by atoms with Gasteiger partial charge in [0.1, 0.15) is 6.04 Å². The molecular weight excluding hydrogens is 412 g/mol. The van der Waals surface area contributed by atoms with E-state index in [1.807, 2.05) is 61.2 Å². The summed E-state index contributed by atoms with van der Waals surface area (Å²) in [6, 6.07) is 13.2. The summed E-state index contributed by atoms with van der Waals surface area (Å²) in [4.78, 5) is 44.1. The maximum Gasteiger partial charge on any atom is 0.236 e. The second-order valence-electron chi connectivity index (χ2n) is 8.49. The fraction of sp³-hybridized carbons (Fsp3) is 0.320. The topological polar surface area (TPSA) is 57.7 Å². The Morgan fingerprint density at radius 1 is 1.06 bits per heavy atom. The molecule has 0 spiro atoms. The van der Waals surface area contributed by atoms with Crippen molar-refractivity contribution in [2.75, 3.05) is 4.90 Å². The van der Waals surface area contributed by atoms with Gasteiger partial charge >= 0.3 is 0 Å². The maximum atomic E-state index is 13.7. The third-order valence-corrected chi connectivity index (χ3v) is 7.10. The first kappa shape index (κ1) is 20.0. The molecule has 5 rings (SSSR count). The van der Waals surface area contributed by atoms with Crippen LogP contribution in [-0.4, -0.2) is 40.6 Å². The van der Waals surface area contributed by atoms with E-state index in [9.17, 15) is 14.4 Å². The zero-order chi connectivity index (χ0) is 21.9. The van der Waals surface area contributed by atoms with E-state index in [0.29, 0.717) is 17.0 Å². The number of hydrogen-bond donors (Lipinski definition) is 0. The van der Waals surface area contributed by atoms with Crippen molar-refractivity contribution < 1.29 is 14.4 Å². The Labute approximate surface area is 186 Å². The van der Waals surface area contributed by atoms with Crippen LogP contribution in [0, 0.1) is 11.8 Å². The van der Waals surface area contributed by atoms with Crippen LogP contribution < -0.4 is 4.90 Å². The van der Waals surface area contributed by atoms with Gasteiger partial charge in [0.15, 0.2) is 5.78 Å². The second kappa shape index (κ2) is 7.34. The van der Waals surface area contributed by atoms with E-state index >= 15 is 0 Å². The molecule has 0 aliphatic carbocycles. The number of Topliss-reactive ketones (excluding diaryl/α,β-unsaturated/α-hetero) is 1. The van der Waals surface area contributed by atoms with Crippen LogP contribution in [0.5, 0.6) is 0 Å². The number of amides is 2. The molecule has 31 heavy (non-hydrogen) atoms. The molecule has 3 aliphatic rings. The lowest BCUT2D eigenvalue weighted by Gasteiger charge is -2.37. The van der Waals surface area contributed by atoms with Gasteiger partial charge in [-0.1, -0.05) is 61.0 Å². The predicted molar refractivity (Wildman–Crippen MR) is 120 cm³/mol. The number of imide groups is 1. The lowest BCUT2D eigenvalue weighted by atomic mass is 9.86. The zero-order valence-corrected chi connectivity index (χ0v) is 18.1. The first-order valence-electron chi connectivity index (χ1n) is 10.7. The monoisotopic (exact) mass is 434 g/mol. The highest BCUT2D eigenvalue weighted by atomic mass is 35.5. The summed E-state index contributed by atoms with van der Waals surface area (Å²) in [5.74, 6) is -1.83. The molecule has 158 valence electrons. The van der Waals surface area contributed by atoms with Crippen molar-refractivity contribution in [2.45, 2.75) is 38.4 Å². The average molecular weight is 435 g/mol. The number of hydrogen-bond acceptors (Lipinski definition) is 4. The first-order valence-corrected chi connectivity index (χ1v) is 11.0. The number of nitrogens with zero attached hydrogens (tertiary/aromatic N) is 2. The van der Waals surface area contributed by atoms with Gasteiger partial charge in [0.25, 0.3) is 0 Å². The van der Waals surface area contributed by atoms with Crippen LogP contribution >= 0.6 is 11.6 Å². The van der Waals surface area contributed by atoms with Crippen molar-refractivity contribution in [3.05, 3.63) is 70.8 Å². The number of anilines is 1. The summed E-state index contributed by atoms with van der Waals surface area (Å²) < 4.78 is 0. The standard InChI is InChI=1S/C25H23ClN2O3/c1-3-14(2)27-24(30)20-19-11-9-16-13-17(26)10-12-18(16)28(19)22(21(20)25(27)31)23(29)15-7-5-4-6-8-15/h4-14,19-22H,3H2,1-2H3/t14-,19-,20+,21-,22-/m1/s1. The second-order valence-corrected chi connectivity index (χ2v) is 8.93. The molecule has 2 amide bonds. The number of halogens is 1.